The van der Waals surface area contributed by atoms with Gasteiger partial charge in [0.15, 0.2) is 0 Å². The van der Waals surface area contributed by atoms with Crippen molar-refractivity contribution in [2.24, 2.45) is 5.92 Å². The Bertz CT molecular complexity index is 249. The Hall–Kier alpha value is -0.410. The average molecular weight is 238 g/mol. The number of carbonyl (C=O) groups is 1. The van der Waals surface area contributed by atoms with E-state index in [0.29, 0.717) is 5.78 Å². The van der Waals surface area contributed by atoms with Crippen molar-refractivity contribution in [3.05, 3.63) is 0 Å². The molecule has 1 saturated carbocycles. The molecule has 0 unspecified atom stereocenters. The van der Waals surface area contributed by atoms with Gasteiger partial charge < -0.3 is 9.80 Å². The number of hydrogen-bond donors (Lipinski definition) is 0. The predicted octanol–water partition coefficient (Wildman–Crippen LogP) is 1.77. The summed E-state index contributed by atoms with van der Waals surface area (Å²) in [4.78, 5) is 16.2. The van der Waals surface area contributed by atoms with Crippen LogP contribution in [0.1, 0.15) is 38.5 Å². The molecule has 0 bridgehead atoms. The Morgan fingerprint density at radius 1 is 1.18 bits per heavy atom. The summed E-state index contributed by atoms with van der Waals surface area (Å²) in [6.07, 6.45) is 6.50. The maximum Gasteiger partial charge on any atom is 0.132 e. The van der Waals surface area contributed by atoms with Crippen molar-refractivity contribution >= 4 is 5.78 Å². The normalized spacial score (nSPS) is 25.7. The van der Waals surface area contributed by atoms with E-state index in [4.69, 9.17) is 0 Å². The van der Waals surface area contributed by atoms with Crippen LogP contribution in [0.4, 0.5) is 0 Å². The first kappa shape index (κ1) is 13.0. The number of Topliss-reactive ketones (excluding diaryl/α,β-unsaturated/α-hetero) is 1. The Kier molecular flexibility index (Phi) is 4.57. The van der Waals surface area contributed by atoms with E-state index < -0.39 is 0 Å². The van der Waals surface area contributed by atoms with Gasteiger partial charge >= 0.3 is 0 Å². The number of hydrogen-bond acceptors (Lipinski definition) is 3. The number of ketones is 1. The summed E-state index contributed by atoms with van der Waals surface area (Å²) < 4.78 is 0. The molecular formula is C14H26N2O. The molecule has 1 heterocycles. The van der Waals surface area contributed by atoms with Crippen molar-refractivity contribution in [3.8, 4) is 0 Å². The molecule has 2 fully saturated rings. The van der Waals surface area contributed by atoms with Crippen molar-refractivity contribution in [1.29, 1.82) is 0 Å². The summed E-state index contributed by atoms with van der Waals surface area (Å²) in [5, 5.41) is 0. The maximum absolute atomic E-state index is 11.2. The second kappa shape index (κ2) is 5.96. The van der Waals surface area contributed by atoms with Crippen LogP contribution in [0.3, 0.4) is 0 Å². The SMILES string of the molecule is CN1CCC(N(C)CC2CCC(=O)CC2)CC1. The van der Waals surface area contributed by atoms with E-state index in [9.17, 15) is 4.79 Å². The summed E-state index contributed by atoms with van der Waals surface area (Å²) >= 11 is 0. The molecule has 3 heteroatoms. The molecule has 17 heavy (non-hydrogen) atoms. The third-order valence-electron chi connectivity index (χ3n) is 4.52. The molecule has 0 radical (unpaired) electrons. The zero-order valence-corrected chi connectivity index (χ0v) is 11.3. The fraction of sp³-hybridized carbons (Fsp3) is 0.929. The number of nitrogens with zero attached hydrogens (tertiary/aromatic N) is 2. The van der Waals surface area contributed by atoms with Gasteiger partial charge in [-0.15, -0.1) is 0 Å². The highest BCUT2D eigenvalue weighted by atomic mass is 16.1. The van der Waals surface area contributed by atoms with Crippen LogP contribution in [0, 0.1) is 5.92 Å². The first-order valence-electron chi connectivity index (χ1n) is 7.05. The van der Waals surface area contributed by atoms with Gasteiger partial charge in [-0.25, -0.2) is 0 Å². The first-order chi connectivity index (χ1) is 8.15. The van der Waals surface area contributed by atoms with Gasteiger partial charge in [0.25, 0.3) is 0 Å². The summed E-state index contributed by atoms with van der Waals surface area (Å²) in [7, 11) is 4.48. The van der Waals surface area contributed by atoms with Crippen LogP contribution in [0.15, 0.2) is 0 Å². The smallest absolute Gasteiger partial charge is 0.132 e. The summed E-state index contributed by atoms with van der Waals surface area (Å²) in [6.45, 7) is 3.66. The molecular weight excluding hydrogens is 212 g/mol. The van der Waals surface area contributed by atoms with E-state index >= 15 is 0 Å². The average Bonchev–Trinajstić information content (AvgIpc) is 2.33. The van der Waals surface area contributed by atoms with Crippen molar-refractivity contribution in [2.75, 3.05) is 33.7 Å². The summed E-state index contributed by atoms with van der Waals surface area (Å²) in [5.41, 5.74) is 0. The number of rotatable bonds is 3. The molecule has 0 spiro atoms. The van der Waals surface area contributed by atoms with Crippen LogP contribution in [-0.4, -0.2) is 55.4 Å². The van der Waals surface area contributed by atoms with E-state index in [1.54, 1.807) is 0 Å². The third-order valence-corrected chi connectivity index (χ3v) is 4.52. The lowest BCUT2D eigenvalue weighted by Gasteiger charge is -2.37. The minimum absolute atomic E-state index is 0.475. The minimum atomic E-state index is 0.475. The zero-order valence-electron chi connectivity index (χ0n) is 11.3. The number of piperidine rings is 1. The van der Waals surface area contributed by atoms with Crippen molar-refractivity contribution < 1.29 is 4.79 Å². The predicted molar refractivity (Wildman–Crippen MR) is 70.1 cm³/mol. The summed E-state index contributed by atoms with van der Waals surface area (Å²) in [6, 6.07) is 0.767. The Balaban J connectivity index is 1.73. The second-order valence-corrected chi connectivity index (χ2v) is 5.96. The molecule has 0 atom stereocenters. The van der Waals surface area contributed by atoms with Crippen LogP contribution in [0.2, 0.25) is 0 Å². The Morgan fingerprint density at radius 2 is 1.76 bits per heavy atom. The molecule has 0 amide bonds. The van der Waals surface area contributed by atoms with Crippen LogP contribution >= 0.6 is 0 Å². The van der Waals surface area contributed by atoms with Crippen LogP contribution in [0.5, 0.6) is 0 Å². The summed E-state index contributed by atoms with van der Waals surface area (Å²) in [5.74, 6) is 1.24. The molecule has 1 saturated heterocycles. The minimum Gasteiger partial charge on any atom is -0.306 e. The molecule has 0 aromatic heterocycles. The third kappa shape index (κ3) is 3.78. The fourth-order valence-electron chi connectivity index (χ4n) is 3.17. The van der Waals surface area contributed by atoms with Gasteiger partial charge in [0.05, 0.1) is 0 Å². The van der Waals surface area contributed by atoms with Gasteiger partial charge in [0.2, 0.25) is 0 Å². The lowest BCUT2D eigenvalue weighted by Crippen LogP contribution is -2.43. The number of likely N-dealkylation sites (tertiary alicyclic amines) is 1. The quantitative estimate of drug-likeness (QED) is 0.748. The lowest BCUT2D eigenvalue weighted by molar-refractivity contribution is -0.121. The highest BCUT2D eigenvalue weighted by molar-refractivity contribution is 5.79. The topological polar surface area (TPSA) is 23.6 Å². The van der Waals surface area contributed by atoms with Crippen LogP contribution in [0.25, 0.3) is 0 Å². The van der Waals surface area contributed by atoms with Crippen molar-refractivity contribution in [2.45, 2.75) is 44.6 Å². The molecule has 1 aliphatic heterocycles. The van der Waals surface area contributed by atoms with E-state index in [0.717, 1.165) is 37.6 Å². The van der Waals surface area contributed by atoms with Gasteiger partial charge in [-0.3, -0.25) is 4.79 Å². The Labute approximate surface area is 105 Å². The monoisotopic (exact) mass is 238 g/mol. The van der Waals surface area contributed by atoms with E-state index in [1.165, 1.54) is 32.5 Å². The van der Waals surface area contributed by atoms with Crippen LogP contribution < -0.4 is 0 Å². The van der Waals surface area contributed by atoms with Crippen molar-refractivity contribution in [3.63, 3.8) is 0 Å². The molecule has 1 aliphatic carbocycles. The molecule has 98 valence electrons. The molecule has 2 rings (SSSR count). The van der Waals surface area contributed by atoms with Gasteiger partial charge in [-0.1, -0.05) is 0 Å². The van der Waals surface area contributed by atoms with E-state index in [-0.39, 0.29) is 0 Å². The van der Waals surface area contributed by atoms with E-state index in [1.807, 2.05) is 0 Å². The van der Waals surface area contributed by atoms with Gasteiger partial charge in [-0.05, 0) is 58.8 Å². The lowest BCUT2D eigenvalue weighted by atomic mass is 9.87. The molecule has 3 nitrogen and oxygen atoms in total. The molecule has 0 aromatic rings. The largest absolute Gasteiger partial charge is 0.306 e. The second-order valence-electron chi connectivity index (χ2n) is 5.96. The molecule has 2 aliphatic rings. The van der Waals surface area contributed by atoms with Gasteiger partial charge in [0.1, 0.15) is 5.78 Å². The zero-order chi connectivity index (χ0) is 12.3. The van der Waals surface area contributed by atoms with Gasteiger partial charge in [-0.2, -0.15) is 0 Å². The maximum atomic E-state index is 11.2. The standard InChI is InChI=1S/C14H26N2O/c1-15-9-7-13(8-10-15)16(2)11-12-3-5-14(17)6-4-12/h12-13H,3-11H2,1-2H3. The highest BCUT2D eigenvalue weighted by Gasteiger charge is 2.25. The van der Waals surface area contributed by atoms with Crippen molar-refractivity contribution in [1.82, 2.24) is 9.80 Å². The Morgan fingerprint density at radius 3 is 2.35 bits per heavy atom. The number of carbonyl (C=O) groups excluding carboxylic acids is 1. The first-order valence-corrected chi connectivity index (χ1v) is 7.05. The van der Waals surface area contributed by atoms with Crippen LogP contribution in [-0.2, 0) is 4.79 Å². The van der Waals surface area contributed by atoms with E-state index in [2.05, 4.69) is 23.9 Å². The molecule has 0 N–H and O–H groups in total. The van der Waals surface area contributed by atoms with Gasteiger partial charge in [0, 0.05) is 25.4 Å². The molecule has 0 aromatic carbocycles. The fourth-order valence-corrected chi connectivity index (χ4v) is 3.17. The highest BCUT2D eigenvalue weighted by Crippen LogP contribution is 2.24.